The maximum absolute atomic E-state index is 12.4. The van der Waals surface area contributed by atoms with Crippen LogP contribution in [0.5, 0.6) is 0 Å². The van der Waals surface area contributed by atoms with E-state index in [9.17, 15) is 14.4 Å². The van der Waals surface area contributed by atoms with Crippen molar-refractivity contribution >= 4 is 17.7 Å². The molecule has 3 amide bonds. The fourth-order valence-electron chi connectivity index (χ4n) is 2.86. The number of nitrogens with two attached hydrogens (primary N) is 1. The molecule has 1 aliphatic rings. The van der Waals surface area contributed by atoms with Gasteiger partial charge in [0.15, 0.2) is 0 Å². The second kappa shape index (κ2) is 7.92. The molecule has 0 spiro atoms. The highest BCUT2D eigenvalue weighted by Crippen LogP contribution is 2.23. The molecule has 1 aromatic carbocycles. The smallest absolute Gasteiger partial charge is 0.251 e. The average Bonchev–Trinajstić information content (AvgIpc) is 3.08. The largest absolute Gasteiger partial charge is 0.368 e. The lowest BCUT2D eigenvalue weighted by atomic mass is 9.93. The van der Waals surface area contributed by atoms with Crippen LogP contribution in [0.4, 0.5) is 0 Å². The molecule has 1 atom stereocenters. The number of amides is 3. The Labute approximate surface area is 141 Å². The predicted molar refractivity (Wildman–Crippen MR) is 90.1 cm³/mol. The quantitative estimate of drug-likeness (QED) is 0.565. The van der Waals surface area contributed by atoms with E-state index >= 15 is 0 Å². The van der Waals surface area contributed by atoms with E-state index in [-0.39, 0.29) is 18.4 Å². The molecule has 5 N–H and O–H groups in total. The van der Waals surface area contributed by atoms with Gasteiger partial charge in [0.2, 0.25) is 11.8 Å². The van der Waals surface area contributed by atoms with Crippen molar-refractivity contribution in [3.63, 3.8) is 0 Å². The van der Waals surface area contributed by atoms with E-state index in [1.54, 1.807) is 24.3 Å². The van der Waals surface area contributed by atoms with Crippen molar-refractivity contribution in [3.8, 4) is 0 Å². The summed E-state index contributed by atoms with van der Waals surface area (Å²) in [6, 6.07) is 6.86. The molecule has 1 fully saturated rings. The zero-order valence-corrected chi connectivity index (χ0v) is 13.9. The second-order valence-corrected chi connectivity index (χ2v) is 5.99. The molecule has 130 valence electrons. The van der Waals surface area contributed by atoms with Gasteiger partial charge in [0.25, 0.3) is 5.91 Å². The topological polar surface area (TPSA) is 113 Å². The van der Waals surface area contributed by atoms with Crippen LogP contribution in [-0.2, 0) is 16.1 Å². The fraction of sp³-hybridized carbons (Fsp3) is 0.471. The van der Waals surface area contributed by atoms with Crippen LogP contribution < -0.4 is 21.7 Å². The number of rotatable bonds is 7. The van der Waals surface area contributed by atoms with Crippen LogP contribution in [0.25, 0.3) is 0 Å². The Bertz CT molecular complexity index is 607. The lowest BCUT2D eigenvalue weighted by Crippen LogP contribution is -2.52. The molecule has 0 saturated carbocycles. The Morgan fingerprint density at radius 2 is 1.92 bits per heavy atom. The Hall–Kier alpha value is -2.41. The summed E-state index contributed by atoms with van der Waals surface area (Å²) in [5.41, 5.74) is 5.88. The lowest BCUT2D eigenvalue weighted by Gasteiger charge is -2.26. The van der Waals surface area contributed by atoms with E-state index in [2.05, 4.69) is 16.0 Å². The van der Waals surface area contributed by atoms with Gasteiger partial charge in [0, 0.05) is 12.1 Å². The molecule has 1 unspecified atom stereocenters. The molecule has 0 aromatic heterocycles. The summed E-state index contributed by atoms with van der Waals surface area (Å²) >= 11 is 0. The normalized spacial score (nSPS) is 19.7. The summed E-state index contributed by atoms with van der Waals surface area (Å²) in [5, 5.41) is 8.68. The summed E-state index contributed by atoms with van der Waals surface area (Å²) in [6.07, 6.45) is 2.63. The molecule has 1 aliphatic heterocycles. The van der Waals surface area contributed by atoms with Gasteiger partial charge in [0.1, 0.15) is 0 Å². The van der Waals surface area contributed by atoms with Gasteiger partial charge in [-0.15, -0.1) is 0 Å². The zero-order chi connectivity index (χ0) is 17.6. The zero-order valence-electron chi connectivity index (χ0n) is 13.9. The minimum absolute atomic E-state index is 0.0192. The number of primary amides is 1. The van der Waals surface area contributed by atoms with E-state index in [1.807, 2.05) is 6.92 Å². The molecule has 1 heterocycles. The number of nitrogens with one attached hydrogen (secondary N) is 3. The molecule has 2 rings (SSSR count). The van der Waals surface area contributed by atoms with E-state index in [0.29, 0.717) is 12.1 Å². The van der Waals surface area contributed by atoms with Crippen molar-refractivity contribution in [1.82, 2.24) is 16.0 Å². The Morgan fingerprint density at radius 1 is 1.21 bits per heavy atom. The van der Waals surface area contributed by atoms with Crippen molar-refractivity contribution in [2.24, 2.45) is 5.73 Å². The first-order chi connectivity index (χ1) is 11.5. The van der Waals surface area contributed by atoms with Crippen molar-refractivity contribution in [1.29, 1.82) is 0 Å². The van der Waals surface area contributed by atoms with Crippen LogP contribution >= 0.6 is 0 Å². The molecule has 7 nitrogen and oxygen atoms in total. The highest BCUT2D eigenvalue weighted by molar-refractivity contribution is 5.96. The van der Waals surface area contributed by atoms with Crippen LogP contribution in [0.15, 0.2) is 24.3 Å². The first-order valence-electron chi connectivity index (χ1n) is 8.15. The molecular formula is C17H24N4O3. The van der Waals surface area contributed by atoms with Gasteiger partial charge in [-0.3, -0.25) is 14.4 Å². The molecular weight excluding hydrogens is 308 g/mol. The maximum atomic E-state index is 12.4. The summed E-state index contributed by atoms with van der Waals surface area (Å²) in [4.78, 5) is 34.9. The Balaban J connectivity index is 1.88. The summed E-state index contributed by atoms with van der Waals surface area (Å²) < 4.78 is 0. The standard InChI is InChI=1S/C17H24N4O3/c1-2-17(8-3-9-21-17)16(24)20-10-12-4-6-13(7-5-12)15(23)19-11-14(18)22/h4-7,21H,2-3,8-11H2,1H3,(H2,18,22)(H,19,23)(H,20,24). The molecule has 24 heavy (non-hydrogen) atoms. The van der Waals surface area contributed by atoms with Crippen LogP contribution in [0, 0.1) is 0 Å². The van der Waals surface area contributed by atoms with Gasteiger partial charge in [-0.05, 0) is 43.5 Å². The highest BCUT2D eigenvalue weighted by atomic mass is 16.2. The minimum atomic E-state index is -0.590. The van der Waals surface area contributed by atoms with Crippen LogP contribution in [0.1, 0.15) is 42.1 Å². The number of benzene rings is 1. The van der Waals surface area contributed by atoms with Crippen molar-refractivity contribution in [2.75, 3.05) is 13.1 Å². The Morgan fingerprint density at radius 3 is 2.46 bits per heavy atom. The first kappa shape index (κ1) is 17.9. The number of carbonyl (C=O) groups is 3. The first-order valence-corrected chi connectivity index (χ1v) is 8.15. The molecule has 1 saturated heterocycles. The number of hydrogen-bond acceptors (Lipinski definition) is 4. The lowest BCUT2D eigenvalue weighted by molar-refractivity contribution is -0.127. The van der Waals surface area contributed by atoms with E-state index < -0.39 is 11.4 Å². The monoisotopic (exact) mass is 332 g/mol. The molecule has 0 aliphatic carbocycles. The number of hydrogen-bond donors (Lipinski definition) is 4. The Kier molecular flexibility index (Phi) is 5.92. The van der Waals surface area contributed by atoms with Gasteiger partial charge in [0.05, 0.1) is 12.1 Å². The van der Waals surface area contributed by atoms with E-state index in [4.69, 9.17) is 5.73 Å². The maximum Gasteiger partial charge on any atom is 0.251 e. The van der Waals surface area contributed by atoms with Gasteiger partial charge in [-0.2, -0.15) is 0 Å². The third kappa shape index (κ3) is 4.32. The predicted octanol–water partition coefficient (Wildman–Crippen LogP) is 0.0501. The fourth-order valence-corrected chi connectivity index (χ4v) is 2.86. The number of carbonyl (C=O) groups excluding carboxylic acids is 3. The van der Waals surface area contributed by atoms with Crippen molar-refractivity contribution in [2.45, 2.75) is 38.3 Å². The molecule has 7 heteroatoms. The van der Waals surface area contributed by atoms with Gasteiger partial charge < -0.3 is 21.7 Å². The third-order valence-electron chi connectivity index (χ3n) is 4.37. The van der Waals surface area contributed by atoms with Crippen LogP contribution in [0.3, 0.4) is 0 Å². The van der Waals surface area contributed by atoms with E-state index in [0.717, 1.165) is 31.4 Å². The molecule has 0 bridgehead atoms. The summed E-state index contributed by atoms with van der Waals surface area (Å²) in [5.74, 6) is -0.927. The molecule has 0 radical (unpaired) electrons. The summed E-state index contributed by atoms with van der Waals surface area (Å²) in [6.45, 7) is 3.10. The van der Waals surface area contributed by atoms with Crippen LogP contribution in [0.2, 0.25) is 0 Å². The van der Waals surface area contributed by atoms with Gasteiger partial charge in [-0.1, -0.05) is 19.1 Å². The van der Waals surface area contributed by atoms with Crippen molar-refractivity contribution in [3.05, 3.63) is 35.4 Å². The second-order valence-electron chi connectivity index (χ2n) is 5.99. The third-order valence-corrected chi connectivity index (χ3v) is 4.37. The highest BCUT2D eigenvalue weighted by Gasteiger charge is 2.38. The summed E-state index contributed by atoms with van der Waals surface area (Å²) in [7, 11) is 0. The van der Waals surface area contributed by atoms with Crippen molar-refractivity contribution < 1.29 is 14.4 Å². The SMILES string of the molecule is CCC1(C(=O)NCc2ccc(C(=O)NCC(N)=O)cc2)CCCN1. The minimum Gasteiger partial charge on any atom is -0.368 e. The molecule has 1 aromatic rings. The average molecular weight is 332 g/mol. The van der Waals surface area contributed by atoms with Crippen LogP contribution in [-0.4, -0.2) is 36.3 Å². The van der Waals surface area contributed by atoms with Gasteiger partial charge in [-0.25, -0.2) is 0 Å². The van der Waals surface area contributed by atoms with Gasteiger partial charge >= 0.3 is 0 Å². The van der Waals surface area contributed by atoms with E-state index in [1.165, 1.54) is 0 Å².